The lowest BCUT2D eigenvalue weighted by Crippen LogP contribution is -2.05. The Bertz CT molecular complexity index is 499. The molecule has 2 N–H and O–H groups in total. The van der Waals surface area contributed by atoms with Crippen molar-refractivity contribution >= 4 is 11.6 Å². The van der Waals surface area contributed by atoms with Crippen molar-refractivity contribution in [2.24, 2.45) is 5.73 Å². The minimum Gasteiger partial charge on any atom is -0.487 e. The molecule has 0 unspecified atom stereocenters. The third-order valence-electron chi connectivity index (χ3n) is 2.69. The highest BCUT2D eigenvalue weighted by Gasteiger charge is 2.07. The van der Waals surface area contributed by atoms with Crippen LogP contribution in [0.15, 0.2) is 48.5 Å². The highest BCUT2D eigenvalue weighted by atomic mass is 35.5. The first kappa shape index (κ1) is 12.9. The van der Waals surface area contributed by atoms with Crippen LogP contribution in [0.1, 0.15) is 11.1 Å². The summed E-state index contributed by atoms with van der Waals surface area (Å²) in [5.74, 6) is 0.744. The number of hydrogen-bond donors (Lipinski definition) is 1. The molecule has 0 aliphatic carbocycles. The molecule has 0 aliphatic heterocycles. The first-order valence-electron chi connectivity index (χ1n) is 5.95. The molecule has 0 radical (unpaired) electrons. The monoisotopic (exact) mass is 261 g/mol. The topological polar surface area (TPSA) is 35.2 Å². The summed E-state index contributed by atoms with van der Waals surface area (Å²) in [6, 6.07) is 15.8. The highest BCUT2D eigenvalue weighted by Crippen LogP contribution is 2.29. The summed E-state index contributed by atoms with van der Waals surface area (Å²) in [5.41, 5.74) is 7.77. The van der Waals surface area contributed by atoms with Gasteiger partial charge in [-0.3, -0.25) is 0 Å². The Morgan fingerprint density at radius 3 is 2.50 bits per heavy atom. The van der Waals surface area contributed by atoms with E-state index in [1.165, 1.54) is 0 Å². The Hall–Kier alpha value is -1.51. The van der Waals surface area contributed by atoms with Gasteiger partial charge in [0, 0.05) is 0 Å². The summed E-state index contributed by atoms with van der Waals surface area (Å²) in [7, 11) is 0. The Balaban J connectivity index is 2.13. The van der Waals surface area contributed by atoms with Gasteiger partial charge in [0.05, 0.1) is 5.02 Å². The molecule has 3 heteroatoms. The molecule has 0 amide bonds. The SMILES string of the molecule is NCCc1cccc(Cl)c1OCc1ccccc1. The van der Waals surface area contributed by atoms with Crippen molar-refractivity contribution < 1.29 is 4.74 Å². The van der Waals surface area contributed by atoms with Crippen molar-refractivity contribution in [2.75, 3.05) is 6.54 Å². The fourth-order valence-corrected chi connectivity index (χ4v) is 2.05. The minimum atomic E-state index is 0.516. The molecular weight excluding hydrogens is 246 g/mol. The van der Waals surface area contributed by atoms with Gasteiger partial charge in [-0.1, -0.05) is 54.1 Å². The number of halogens is 1. The number of para-hydroxylation sites is 1. The van der Waals surface area contributed by atoms with Gasteiger partial charge in [0.25, 0.3) is 0 Å². The van der Waals surface area contributed by atoms with Crippen LogP contribution in [0.25, 0.3) is 0 Å². The molecule has 0 spiro atoms. The van der Waals surface area contributed by atoms with E-state index in [1.807, 2.05) is 48.5 Å². The van der Waals surface area contributed by atoms with Crippen LogP contribution in [-0.2, 0) is 13.0 Å². The van der Waals surface area contributed by atoms with Crippen LogP contribution in [0.5, 0.6) is 5.75 Å². The summed E-state index contributed by atoms with van der Waals surface area (Å²) in [4.78, 5) is 0. The number of ether oxygens (including phenoxy) is 1. The van der Waals surface area contributed by atoms with Crippen LogP contribution in [-0.4, -0.2) is 6.54 Å². The van der Waals surface area contributed by atoms with Gasteiger partial charge in [-0.05, 0) is 30.2 Å². The van der Waals surface area contributed by atoms with Crippen LogP contribution in [0.4, 0.5) is 0 Å². The van der Waals surface area contributed by atoms with Crippen molar-refractivity contribution in [1.82, 2.24) is 0 Å². The van der Waals surface area contributed by atoms with E-state index in [2.05, 4.69) is 0 Å². The molecule has 0 saturated heterocycles. The molecular formula is C15H16ClNO. The fraction of sp³-hybridized carbons (Fsp3) is 0.200. The molecule has 94 valence electrons. The van der Waals surface area contributed by atoms with Crippen molar-refractivity contribution in [2.45, 2.75) is 13.0 Å². The van der Waals surface area contributed by atoms with Crippen molar-refractivity contribution in [3.63, 3.8) is 0 Å². The van der Waals surface area contributed by atoms with Crippen molar-refractivity contribution in [1.29, 1.82) is 0 Å². The Morgan fingerprint density at radius 2 is 1.78 bits per heavy atom. The second-order valence-corrected chi connectivity index (χ2v) is 4.45. The van der Waals surface area contributed by atoms with E-state index in [-0.39, 0.29) is 0 Å². The van der Waals surface area contributed by atoms with Crippen LogP contribution >= 0.6 is 11.6 Å². The molecule has 2 aromatic carbocycles. The number of hydrogen-bond acceptors (Lipinski definition) is 2. The zero-order valence-electron chi connectivity index (χ0n) is 10.1. The van der Waals surface area contributed by atoms with E-state index < -0.39 is 0 Å². The van der Waals surface area contributed by atoms with Crippen molar-refractivity contribution in [3.8, 4) is 5.75 Å². The van der Waals surface area contributed by atoms with E-state index in [1.54, 1.807) is 0 Å². The lowest BCUT2D eigenvalue weighted by atomic mass is 10.1. The van der Waals surface area contributed by atoms with Gasteiger partial charge in [-0.15, -0.1) is 0 Å². The summed E-state index contributed by atoms with van der Waals surface area (Å²) in [6.07, 6.45) is 0.769. The molecule has 0 aliphatic rings. The largest absolute Gasteiger partial charge is 0.487 e. The molecule has 0 atom stereocenters. The van der Waals surface area contributed by atoms with E-state index in [0.29, 0.717) is 18.2 Å². The Labute approximate surface area is 112 Å². The second-order valence-electron chi connectivity index (χ2n) is 4.04. The van der Waals surface area contributed by atoms with E-state index in [0.717, 1.165) is 23.3 Å². The highest BCUT2D eigenvalue weighted by molar-refractivity contribution is 6.32. The normalized spacial score (nSPS) is 10.3. The lowest BCUT2D eigenvalue weighted by Gasteiger charge is -2.12. The number of rotatable bonds is 5. The zero-order chi connectivity index (χ0) is 12.8. The Kier molecular flexibility index (Phi) is 4.62. The average Bonchev–Trinajstić information content (AvgIpc) is 2.40. The zero-order valence-corrected chi connectivity index (χ0v) is 10.9. The smallest absolute Gasteiger partial charge is 0.141 e. The maximum absolute atomic E-state index is 6.17. The van der Waals surface area contributed by atoms with E-state index >= 15 is 0 Å². The summed E-state index contributed by atoms with van der Waals surface area (Å²) < 4.78 is 5.82. The summed E-state index contributed by atoms with van der Waals surface area (Å²) in [6.45, 7) is 1.10. The molecule has 2 rings (SSSR count). The van der Waals surface area contributed by atoms with Gasteiger partial charge in [0.15, 0.2) is 0 Å². The minimum absolute atomic E-state index is 0.516. The molecule has 0 aromatic heterocycles. The quantitative estimate of drug-likeness (QED) is 0.895. The predicted molar refractivity (Wildman–Crippen MR) is 75.0 cm³/mol. The molecule has 0 bridgehead atoms. The van der Waals surface area contributed by atoms with E-state index in [4.69, 9.17) is 22.1 Å². The molecule has 0 saturated carbocycles. The first-order valence-corrected chi connectivity index (χ1v) is 6.33. The lowest BCUT2D eigenvalue weighted by molar-refractivity contribution is 0.303. The Morgan fingerprint density at radius 1 is 1.00 bits per heavy atom. The summed E-state index contributed by atoms with van der Waals surface area (Å²) in [5, 5.41) is 0.636. The standard InChI is InChI=1S/C15H16ClNO/c16-14-8-4-7-13(9-10-17)15(14)18-11-12-5-2-1-3-6-12/h1-8H,9-11,17H2. The molecule has 18 heavy (non-hydrogen) atoms. The third kappa shape index (κ3) is 3.25. The van der Waals surface area contributed by atoms with Crippen LogP contribution in [0.2, 0.25) is 5.02 Å². The predicted octanol–water partition coefficient (Wildman–Crippen LogP) is 3.42. The maximum Gasteiger partial charge on any atom is 0.141 e. The van der Waals surface area contributed by atoms with E-state index in [9.17, 15) is 0 Å². The third-order valence-corrected chi connectivity index (χ3v) is 2.99. The van der Waals surface area contributed by atoms with Crippen LogP contribution < -0.4 is 10.5 Å². The maximum atomic E-state index is 6.17. The first-order chi connectivity index (χ1) is 8.81. The van der Waals surface area contributed by atoms with Gasteiger partial charge in [0.2, 0.25) is 0 Å². The van der Waals surface area contributed by atoms with Crippen LogP contribution in [0.3, 0.4) is 0 Å². The van der Waals surface area contributed by atoms with Gasteiger partial charge in [-0.2, -0.15) is 0 Å². The summed E-state index contributed by atoms with van der Waals surface area (Å²) >= 11 is 6.17. The van der Waals surface area contributed by atoms with Crippen LogP contribution in [0, 0.1) is 0 Å². The molecule has 2 nitrogen and oxygen atoms in total. The number of nitrogens with two attached hydrogens (primary N) is 1. The second kappa shape index (κ2) is 6.43. The van der Waals surface area contributed by atoms with Gasteiger partial charge in [0.1, 0.15) is 12.4 Å². The molecule has 0 fully saturated rings. The van der Waals surface area contributed by atoms with Gasteiger partial charge in [-0.25, -0.2) is 0 Å². The average molecular weight is 262 g/mol. The molecule has 2 aromatic rings. The van der Waals surface area contributed by atoms with Gasteiger partial charge < -0.3 is 10.5 Å². The van der Waals surface area contributed by atoms with Gasteiger partial charge >= 0.3 is 0 Å². The fourth-order valence-electron chi connectivity index (χ4n) is 1.80. The molecule has 0 heterocycles. The number of benzene rings is 2. The van der Waals surface area contributed by atoms with Crippen molar-refractivity contribution in [3.05, 3.63) is 64.7 Å².